The average Bonchev–Trinajstić information content (AvgIpc) is 0.754. The molecule has 8 saturated heterocycles. The fourth-order valence-corrected chi connectivity index (χ4v) is 22.2. The Morgan fingerprint density at radius 3 is 1.33 bits per heavy atom. The first-order valence-corrected chi connectivity index (χ1v) is 38.8. The third-order valence-electron chi connectivity index (χ3n) is 28.0. The number of ether oxygens (including phenoxy) is 8. The lowest BCUT2D eigenvalue weighted by Crippen LogP contribution is -2.85. The Kier molecular flexibility index (Phi) is 24.2. The number of hydrogen-bond acceptors (Lipinski definition) is 28. The van der Waals surface area contributed by atoms with Gasteiger partial charge in [0.05, 0.1) is 111 Å². The fourth-order valence-electron chi connectivity index (χ4n) is 19.0. The van der Waals surface area contributed by atoms with Crippen LogP contribution in [0.25, 0.3) is 0 Å². The lowest BCUT2D eigenvalue weighted by atomic mass is 9.53. The number of fused-ring (bicyclic) bond motifs is 2. The number of unbranched alkanes of at least 4 members (excludes halogenated alkanes) is 1. The zero-order valence-corrected chi connectivity index (χ0v) is 67.1. The zero-order valence-electron chi connectivity index (χ0n) is 65.5. The topological polar surface area (TPSA) is 491 Å². The van der Waals surface area contributed by atoms with Crippen molar-refractivity contribution in [2.45, 2.75) is 332 Å². The van der Waals surface area contributed by atoms with E-state index in [1.165, 1.54) is 123 Å². The van der Waals surface area contributed by atoms with Gasteiger partial charge in [-0.15, -0.1) is 11.8 Å². The molecule has 8 aliphatic heterocycles. The monoisotopic (exact) mass is 1550 g/mol. The maximum Gasteiger partial charge on any atom is 0.315 e. The van der Waals surface area contributed by atoms with E-state index in [0.717, 1.165) is 0 Å². The Hall–Kier alpha value is -3.60. The number of rotatable bonds is 29. The lowest BCUT2D eigenvalue weighted by Gasteiger charge is -2.67. The maximum atomic E-state index is 15.2. The fraction of sp³-hybridized carbons (Fsp3) is 0.917. The number of hydrogen-bond donors (Lipinski definition) is 18. The van der Waals surface area contributed by atoms with E-state index in [2.05, 4.69) is 31.9 Å². The van der Waals surface area contributed by atoms with Crippen molar-refractivity contribution in [1.29, 1.82) is 0 Å². The SMILES string of the molecule is CC(=O)NC1(C)C(C)(COC[C@]2(C)OC(C)(CO)[C@](C)(O)C(C)(O)C2(C)O)[C@H](O)C(C)(CO)O[C@]1(C)CC(CCCC(=O)OC[C@]1(C)OC(C)(CO)[C@@H](O)C(C)(COC[C@]2(C)OC(C)(CO)[C@](C)(O)C(C)(O)C2(C)O)C1(C)NC(C)=O)(OC(=O)CCCCC1SC[C@@H]2NC(=O)N[C@H]12)C1SC[C@@H]2NC(=O)N[C@H]12. The molecule has 15 unspecified atom stereocenters. The Labute approximate surface area is 630 Å². The molecule has 0 aliphatic carbocycles. The van der Waals surface area contributed by atoms with Crippen molar-refractivity contribution in [3.05, 3.63) is 0 Å². The predicted molar refractivity (Wildman–Crippen MR) is 386 cm³/mol. The Morgan fingerprint density at radius 2 is 0.887 bits per heavy atom. The van der Waals surface area contributed by atoms with Crippen molar-refractivity contribution in [2.75, 3.05) is 71.0 Å². The minimum absolute atomic E-state index is 0.0411. The highest BCUT2D eigenvalue weighted by Crippen LogP contribution is 2.61. The molecule has 8 heterocycles. The van der Waals surface area contributed by atoms with Crippen LogP contribution in [0.5, 0.6) is 0 Å². The van der Waals surface area contributed by atoms with Crippen LogP contribution in [0.2, 0.25) is 0 Å². The van der Waals surface area contributed by atoms with Crippen LogP contribution in [0.15, 0.2) is 0 Å². The molecule has 0 aromatic heterocycles. The van der Waals surface area contributed by atoms with Gasteiger partial charge in [0.2, 0.25) is 11.8 Å². The summed E-state index contributed by atoms with van der Waals surface area (Å²) in [5.41, 5.74) is -38.2. The third-order valence-corrected chi connectivity index (χ3v) is 31.1. The van der Waals surface area contributed by atoms with Gasteiger partial charge in [-0.05, 0) is 136 Å². The van der Waals surface area contributed by atoms with Crippen LogP contribution in [0.3, 0.4) is 0 Å². The maximum absolute atomic E-state index is 15.2. The lowest BCUT2D eigenvalue weighted by molar-refractivity contribution is -0.408. The van der Waals surface area contributed by atoms with Gasteiger partial charge in [0.1, 0.15) is 85.0 Å². The van der Waals surface area contributed by atoms with Gasteiger partial charge in [0.15, 0.2) is 0 Å². The van der Waals surface area contributed by atoms with Crippen LogP contribution in [0.4, 0.5) is 9.59 Å². The van der Waals surface area contributed by atoms with Crippen molar-refractivity contribution >= 4 is 59.3 Å². The second kappa shape index (κ2) is 29.1. The molecule has 0 bridgehead atoms. The molecule has 610 valence electrons. The van der Waals surface area contributed by atoms with Gasteiger partial charge >= 0.3 is 24.0 Å². The van der Waals surface area contributed by atoms with Crippen molar-refractivity contribution in [3.63, 3.8) is 0 Å². The van der Waals surface area contributed by atoms with Crippen LogP contribution in [-0.2, 0) is 57.1 Å². The van der Waals surface area contributed by atoms with Gasteiger partial charge in [-0.1, -0.05) is 20.3 Å². The second-order valence-electron chi connectivity index (χ2n) is 35.3. The normalized spacial score (nSPS) is 48.9. The van der Waals surface area contributed by atoms with Crippen LogP contribution < -0.4 is 31.9 Å². The number of urea groups is 2. The number of aliphatic hydroxyl groups excluding tert-OH is 6. The van der Waals surface area contributed by atoms with Gasteiger partial charge in [0, 0.05) is 60.7 Å². The Balaban J connectivity index is 1.15. The first-order valence-electron chi connectivity index (χ1n) is 36.7. The molecule has 18 N–H and O–H groups in total. The molecule has 32 nitrogen and oxygen atoms in total. The summed E-state index contributed by atoms with van der Waals surface area (Å²) in [4.78, 5) is 83.5. The number of esters is 2. The minimum atomic E-state index is -2.38. The second-order valence-corrected chi connectivity index (χ2v) is 37.8. The van der Waals surface area contributed by atoms with E-state index in [4.69, 9.17) is 37.9 Å². The van der Waals surface area contributed by atoms with E-state index >= 15 is 4.79 Å². The quantitative estimate of drug-likeness (QED) is 0.0255. The Morgan fingerprint density at radius 1 is 0.481 bits per heavy atom. The van der Waals surface area contributed by atoms with Crippen molar-refractivity contribution in [1.82, 2.24) is 31.9 Å². The molecule has 0 saturated carbocycles. The van der Waals surface area contributed by atoms with Crippen molar-refractivity contribution in [3.8, 4) is 0 Å². The van der Waals surface area contributed by atoms with Gasteiger partial charge < -0.3 is 131 Å². The number of amides is 6. The molecular weight excluding hydrogens is 1430 g/mol. The van der Waals surface area contributed by atoms with E-state index < -0.39 is 238 Å². The predicted octanol–water partition coefficient (Wildman–Crippen LogP) is -0.514. The number of thioether (sulfide) groups is 2. The molecule has 8 aliphatic rings. The molecule has 34 heteroatoms. The molecular formula is C72H124N6O26S2. The van der Waals surface area contributed by atoms with Gasteiger partial charge in [-0.2, -0.15) is 11.8 Å². The average molecular weight is 1550 g/mol. The summed E-state index contributed by atoms with van der Waals surface area (Å²) in [6.07, 6.45) is -3.27. The summed E-state index contributed by atoms with van der Waals surface area (Å²) in [6.45, 7) is 21.4. The van der Waals surface area contributed by atoms with Crippen LogP contribution in [0, 0.1) is 10.8 Å². The molecule has 106 heavy (non-hydrogen) atoms. The van der Waals surface area contributed by atoms with E-state index in [-0.39, 0.29) is 42.6 Å². The van der Waals surface area contributed by atoms with Crippen molar-refractivity contribution in [2.24, 2.45) is 10.8 Å². The third kappa shape index (κ3) is 13.7. The zero-order chi connectivity index (χ0) is 80.3. The van der Waals surface area contributed by atoms with Gasteiger partial charge in [-0.25, -0.2) is 9.59 Å². The van der Waals surface area contributed by atoms with Crippen LogP contribution >= 0.6 is 23.5 Å². The number of nitrogens with one attached hydrogen (secondary N) is 6. The van der Waals surface area contributed by atoms with E-state index in [1.807, 2.05) is 0 Å². The molecule has 0 spiro atoms. The highest BCUT2D eigenvalue weighted by Gasteiger charge is 2.78. The number of aliphatic hydroxyl groups is 12. The molecule has 0 aromatic rings. The summed E-state index contributed by atoms with van der Waals surface area (Å²) < 4.78 is 52.8. The first kappa shape index (κ1) is 88.0. The smallest absolute Gasteiger partial charge is 0.315 e. The minimum Gasteiger partial charge on any atom is -0.463 e. The van der Waals surface area contributed by atoms with E-state index in [9.17, 15) is 85.3 Å². The first-order chi connectivity index (χ1) is 48.3. The van der Waals surface area contributed by atoms with Gasteiger partial charge in [0.25, 0.3) is 0 Å². The molecule has 0 aromatic carbocycles. The molecule has 6 amide bonds. The molecule has 8 rings (SSSR count). The van der Waals surface area contributed by atoms with E-state index in [0.29, 0.717) is 30.8 Å². The Bertz CT molecular complexity index is 3300. The standard InChI is InChI=1S/C72H124N6O26S2/c1-40(83)77-64(13)54(3,35-97-37-62(11)68(17,93)70(19,95)66(15,91)59(8,33-81)103-62)50(87)56(5,31-79)101-58(64,7)30-72(49-48-43(29-106-49)74-53(90)76-48,100-46(86)25-22-21-24-44-47-42(28-105-44)73-52(89)75-47)27-23-26-45(85)99-39-61(10)65(14,78-41(2)84)55(4,51(88)57(6,32-80)102-61)36-98-38-63(12)69(18,94)71(20,96)67(16,92)60(9,34-82)104-63/h42-44,47-51,79-82,87-88,91-96H,21-39H2,1-20H3,(H,77,83)(H,78,84)(H2,73,75,89)(H2,74,76,90)/t42-,43-,44?,47-,48-,49?,50-,51-,54?,55?,56?,57?,58+,59?,60?,61-,62-,63-,64?,65?,66-,67-,68?,69?,70?,71?,72?/m0/s1. The number of carbonyl (C=O) groups is 6. The molecule has 8 fully saturated rings. The largest absolute Gasteiger partial charge is 0.463 e. The summed E-state index contributed by atoms with van der Waals surface area (Å²) >= 11 is 3.07. The highest BCUT2D eigenvalue weighted by molar-refractivity contribution is 8.00. The summed E-state index contributed by atoms with van der Waals surface area (Å²) in [5.74, 6) is -1.82. The van der Waals surface area contributed by atoms with Crippen LogP contribution in [0.1, 0.15) is 190 Å². The highest BCUT2D eigenvalue weighted by atomic mass is 32.2. The summed E-state index contributed by atoms with van der Waals surface area (Å²) in [5, 5.41) is 158. The summed E-state index contributed by atoms with van der Waals surface area (Å²) in [6, 6.07) is -2.20. The number of carbonyl (C=O) groups excluding carboxylic acids is 6. The molecule has 27 atom stereocenters. The van der Waals surface area contributed by atoms with Crippen LogP contribution in [-0.4, -0.2) is 310 Å². The van der Waals surface area contributed by atoms with E-state index in [1.54, 1.807) is 39.5 Å². The van der Waals surface area contributed by atoms with Gasteiger partial charge in [-0.3, -0.25) is 19.2 Å². The summed E-state index contributed by atoms with van der Waals surface area (Å²) in [7, 11) is 0. The van der Waals surface area contributed by atoms with Crippen molar-refractivity contribution < 1.29 is 128 Å². The molecule has 0 radical (unpaired) electrons.